The number of aromatic nitrogens is 2. The molecule has 108 valence electrons. The minimum Gasteiger partial charge on any atom is -0.383 e. The zero-order valence-corrected chi connectivity index (χ0v) is 12.1. The van der Waals surface area contributed by atoms with Gasteiger partial charge < -0.3 is 19.9 Å². The Kier molecular flexibility index (Phi) is 6.88. The van der Waals surface area contributed by atoms with E-state index in [1.165, 1.54) is 0 Å². The van der Waals surface area contributed by atoms with E-state index in [2.05, 4.69) is 25.8 Å². The number of nitrogens with one attached hydrogen (secondary N) is 2. The predicted octanol–water partition coefficient (Wildman–Crippen LogP) is 0.547. The van der Waals surface area contributed by atoms with Gasteiger partial charge in [-0.2, -0.15) is 4.98 Å². The molecule has 0 bridgehead atoms. The Labute approximate surface area is 113 Å². The van der Waals surface area contributed by atoms with Crippen LogP contribution in [0.5, 0.6) is 0 Å². The molecular weight excluding hydrogens is 246 g/mol. The zero-order chi connectivity index (χ0) is 14.1. The number of aliphatic imine (C=N–C) groups is 1. The van der Waals surface area contributed by atoms with E-state index in [9.17, 15) is 0 Å². The molecule has 1 aromatic rings. The molecule has 0 radical (unpaired) electrons. The molecule has 0 spiro atoms. The van der Waals surface area contributed by atoms with Crippen molar-refractivity contribution in [2.75, 3.05) is 33.9 Å². The van der Waals surface area contributed by atoms with Gasteiger partial charge in [0, 0.05) is 39.6 Å². The Bertz CT molecular complexity index is 389. The summed E-state index contributed by atoms with van der Waals surface area (Å²) in [5.41, 5.74) is 0. The number of hydrogen-bond donors (Lipinski definition) is 2. The number of nitrogens with zero attached hydrogens (tertiary/aromatic N) is 3. The van der Waals surface area contributed by atoms with Crippen molar-refractivity contribution in [1.29, 1.82) is 0 Å². The molecule has 0 unspecified atom stereocenters. The SMILES string of the molecule is CN=C(NCCOC)NCCc1nc(C(C)C)no1. The normalized spacial score (nSPS) is 11.9. The topological polar surface area (TPSA) is 84.6 Å². The second-order valence-electron chi connectivity index (χ2n) is 4.37. The fourth-order valence-electron chi connectivity index (χ4n) is 1.38. The molecule has 0 aliphatic carbocycles. The van der Waals surface area contributed by atoms with Crippen LogP contribution in [0.3, 0.4) is 0 Å². The molecule has 0 aliphatic heterocycles. The second kappa shape index (κ2) is 8.47. The van der Waals surface area contributed by atoms with E-state index in [1.54, 1.807) is 14.2 Å². The van der Waals surface area contributed by atoms with E-state index in [0.717, 1.165) is 11.8 Å². The summed E-state index contributed by atoms with van der Waals surface area (Å²) in [6.45, 7) is 6.12. The molecule has 1 heterocycles. The predicted molar refractivity (Wildman–Crippen MR) is 73.3 cm³/mol. The van der Waals surface area contributed by atoms with Crippen molar-refractivity contribution in [2.24, 2.45) is 4.99 Å². The van der Waals surface area contributed by atoms with Crippen LogP contribution >= 0.6 is 0 Å². The second-order valence-corrected chi connectivity index (χ2v) is 4.37. The molecular formula is C12H23N5O2. The minimum atomic E-state index is 0.286. The number of guanidine groups is 1. The highest BCUT2D eigenvalue weighted by Gasteiger charge is 2.09. The summed E-state index contributed by atoms with van der Waals surface area (Å²) in [4.78, 5) is 8.41. The summed E-state index contributed by atoms with van der Waals surface area (Å²) in [5.74, 6) is 2.41. The maximum Gasteiger partial charge on any atom is 0.228 e. The Morgan fingerprint density at radius 3 is 2.68 bits per heavy atom. The smallest absolute Gasteiger partial charge is 0.228 e. The Balaban J connectivity index is 2.27. The zero-order valence-electron chi connectivity index (χ0n) is 12.1. The molecule has 0 atom stereocenters. The lowest BCUT2D eigenvalue weighted by molar-refractivity contribution is 0.203. The van der Waals surface area contributed by atoms with Gasteiger partial charge in [0.2, 0.25) is 5.89 Å². The van der Waals surface area contributed by atoms with Crippen LogP contribution in [0.2, 0.25) is 0 Å². The molecule has 0 amide bonds. The first-order valence-electron chi connectivity index (χ1n) is 6.43. The quantitative estimate of drug-likeness (QED) is 0.427. The standard InChI is InChI=1S/C12H23N5O2/c1-9(2)11-16-10(19-17-11)5-6-14-12(13-3)15-7-8-18-4/h9H,5-8H2,1-4H3,(H2,13,14,15). The van der Waals surface area contributed by atoms with Crippen LogP contribution in [0, 0.1) is 0 Å². The van der Waals surface area contributed by atoms with Gasteiger partial charge in [0.1, 0.15) is 0 Å². The molecule has 0 aromatic carbocycles. The molecule has 19 heavy (non-hydrogen) atoms. The lowest BCUT2D eigenvalue weighted by Gasteiger charge is -2.10. The molecule has 7 nitrogen and oxygen atoms in total. The van der Waals surface area contributed by atoms with Crippen molar-refractivity contribution in [2.45, 2.75) is 26.2 Å². The van der Waals surface area contributed by atoms with Gasteiger partial charge in [-0.25, -0.2) is 0 Å². The maximum absolute atomic E-state index is 5.16. The molecule has 1 rings (SSSR count). The molecule has 0 aliphatic rings. The number of rotatable bonds is 7. The van der Waals surface area contributed by atoms with Gasteiger partial charge in [-0.1, -0.05) is 19.0 Å². The third-order valence-electron chi connectivity index (χ3n) is 2.45. The van der Waals surface area contributed by atoms with E-state index < -0.39 is 0 Å². The van der Waals surface area contributed by atoms with E-state index in [1.807, 2.05) is 13.8 Å². The summed E-state index contributed by atoms with van der Waals surface area (Å²) in [6, 6.07) is 0. The molecule has 7 heteroatoms. The van der Waals surface area contributed by atoms with Crippen molar-refractivity contribution >= 4 is 5.96 Å². The van der Waals surface area contributed by atoms with Crippen molar-refractivity contribution in [3.05, 3.63) is 11.7 Å². The van der Waals surface area contributed by atoms with Gasteiger partial charge in [-0.15, -0.1) is 0 Å². The van der Waals surface area contributed by atoms with Crippen LogP contribution in [0.1, 0.15) is 31.5 Å². The van der Waals surface area contributed by atoms with Crippen LogP contribution < -0.4 is 10.6 Å². The minimum absolute atomic E-state index is 0.286. The summed E-state index contributed by atoms with van der Waals surface area (Å²) in [7, 11) is 3.39. The summed E-state index contributed by atoms with van der Waals surface area (Å²) in [6.07, 6.45) is 0.671. The van der Waals surface area contributed by atoms with Crippen molar-refractivity contribution in [3.63, 3.8) is 0 Å². The number of methoxy groups -OCH3 is 1. The third kappa shape index (κ3) is 5.69. The van der Waals surface area contributed by atoms with Crippen LogP contribution in [0.25, 0.3) is 0 Å². The molecule has 2 N–H and O–H groups in total. The van der Waals surface area contributed by atoms with Crippen molar-refractivity contribution in [1.82, 2.24) is 20.8 Å². The first kappa shape index (κ1) is 15.4. The van der Waals surface area contributed by atoms with Gasteiger partial charge in [0.05, 0.1) is 6.61 Å². The highest BCUT2D eigenvalue weighted by Crippen LogP contribution is 2.09. The lowest BCUT2D eigenvalue weighted by atomic mass is 10.2. The monoisotopic (exact) mass is 269 g/mol. The first-order chi connectivity index (χ1) is 9.17. The first-order valence-corrected chi connectivity index (χ1v) is 6.43. The Morgan fingerprint density at radius 2 is 2.11 bits per heavy atom. The maximum atomic E-state index is 5.16. The third-order valence-corrected chi connectivity index (χ3v) is 2.45. The Hall–Kier alpha value is -1.63. The highest BCUT2D eigenvalue weighted by molar-refractivity contribution is 5.79. The fourth-order valence-corrected chi connectivity index (χ4v) is 1.38. The van der Waals surface area contributed by atoms with E-state index >= 15 is 0 Å². The summed E-state index contributed by atoms with van der Waals surface area (Å²) in [5, 5.41) is 10.2. The van der Waals surface area contributed by atoms with Crippen molar-refractivity contribution < 1.29 is 9.26 Å². The molecule has 1 aromatic heterocycles. The van der Waals surface area contributed by atoms with E-state index in [0.29, 0.717) is 32.0 Å². The van der Waals surface area contributed by atoms with Gasteiger partial charge in [0.15, 0.2) is 11.8 Å². The van der Waals surface area contributed by atoms with Crippen molar-refractivity contribution in [3.8, 4) is 0 Å². The van der Waals surface area contributed by atoms with Crippen LogP contribution in [0.4, 0.5) is 0 Å². The lowest BCUT2D eigenvalue weighted by Crippen LogP contribution is -2.39. The molecule has 0 fully saturated rings. The van der Waals surface area contributed by atoms with E-state index in [-0.39, 0.29) is 5.92 Å². The summed E-state index contributed by atoms with van der Waals surface area (Å²) < 4.78 is 10.1. The Morgan fingerprint density at radius 1 is 1.37 bits per heavy atom. The summed E-state index contributed by atoms with van der Waals surface area (Å²) >= 11 is 0. The van der Waals surface area contributed by atoms with Gasteiger partial charge >= 0.3 is 0 Å². The largest absolute Gasteiger partial charge is 0.383 e. The number of ether oxygens (including phenoxy) is 1. The fraction of sp³-hybridized carbons (Fsp3) is 0.750. The average molecular weight is 269 g/mol. The van der Waals surface area contributed by atoms with E-state index in [4.69, 9.17) is 9.26 Å². The molecule has 0 saturated heterocycles. The average Bonchev–Trinajstić information content (AvgIpc) is 2.86. The van der Waals surface area contributed by atoms with Crippen LogP contribution in [0.15, 0.2) is 9.52 Å². The van der Waals surface area contributed by atoms with Gasteiger partial charge in [-0.3, -0.25) is 4.99 Å². The highest BCUT2D eigenvalue weighted by atomic mass is 16.5. The van der Waals surface area contributed by atoms with Crippen LogP contribution in [-0.4, -0.2) is 50.0 Å². The van der Waals surface area contributed by atoms with Gasteiger partial charge in [-0.05, 0) is 0 Å². The molecule has 0 saturated carbocycles. The van der Waals surface area contributed by atoms with Gasteiger partial charge in [0.25, 0.3) is 0 Å². The number of hydrogen-bond acceptors (Lipinski definition) is 5. The van der Waals surface area contributed by atoms with Crippen LogP contribution in [-0.2, 0) is 11.2 Å².